The molecule has 0 radical (unpaired) electrons. The van der Waals surface area contributed by atoms with Crippen LogP contribution >= 0.6 is 23.2 Å². The van der Waals surface area contributed by atoms with Gasteiger partial charge in [0, 0.05) is 95.8 Å². The van der Waals surface area contributed by atoms with Crippen LogP contribution in [0.4, 0.5) is 15.8 Å². The Labute approximate surface area is 514 Å². The molecular formula is C68H67Cl2FN14O2. The van der Waals surface area contributed by atoms with Crippen molar-refractivity contribution >= 4 is 77.9 Å². The summed E-state index contributed by atoms with van der Waals surface area (Å²) in [7, 11) is 3.45. The van der Waals surface area contributed by atoms with Crippen LogP contribution in [0.25, 0.3) is 53.8 Å². The molecule has 2 atom stereocenters. The molecule has 2 N–H and O–H groups in total. The predicted octanol–water partition coefficient (Wildman–Crippen LogP) is 14.6. The zero-order valence-corrected chi connectivity index (χ0v) is 51.5. The zero-order chi connectivity index (χ0) is 61.9. The van der Waals surface area contributed by atoms with E-state index in [4.69, 9.17) is 35.2 Å². The molecule has 6 aliphatic carbocycles. The van der Waals surface area contributed by atoms with Gasteiger partial charge in [-0.3, -0.25) is 19.6 Å². The fourth-order valence-electron chi connectivity index (χ4n) is 12.8. The van der Waals surface area contributed by atoms with E-state index >= 15 is 4.39 Å². The van der Waals surface area contributed by atoms with Gasteiger partial charge >= 0.3 is 0 Å². The number of aromatic nitrogens is 7. The number of anilines is 2. The van der Waals surface area contributed by atoms with Crippen LogP contribution < -0.4 is 21.8 Å². The van der Waals surface area contributed by atoms with Crippen molar-refractivity contribution in [3.63, 3.8) is 0 Å². The van der Waals surface area contributed by atoms with E-state index in [-0.39, 0.29) is 44.6 Å². The average molecular weight is 1200 g/mol. The maximum absolute atomic E-state index is 16.4. The first kappa shape index (κ1) is 59.9. The minimum atomic E-state index is -0.557. The number of benzene rings is 4. The van der Waals surface area contributed by atoms with Gasteiger partial charge in [0.15, 0.2) is 0 Å². The molecule has 15 rings (SSSR count). The Morgan fingerprint density at radius 3 is 1.63 bits per heavy atom. The molecule has 0 unspecified atom stereocenters. The number of pyridine rings is 4. The third-order valence-electron chi connectivity index (χ3n) is 17.6. The van der Waals surface area contributed by atoms with Crippen LogP contribution in [0.15, 0.2) is 112 Å². The van der Waals surface area contributed by atoms with Crippen LogP contribution in [0.5, 0.6) is 0 Å². The number of halogens is 3. The molecule has 9 aromatic rings. The quantitative estimate of drug-likeness (QED) is 0.0481. The fourth-order valence-corrected chi connectivity index (χ4v) is 13.3. The smallest absolute Gasteiger partial charge is 0.258 e. The highest BCUT2D eigenvalue weighted by molar-refractivity contribution is 6.36. The lowest BCUT2D eigenvalue weighted by atomic mass is 9.50. The van der Waals surface area contributed by atoms with Crippen LogP contribution in [0.2, 0.25) is 10.0 Å². The van der Waals surface area contributed by atoms with Crippen LogP contribution in [0.3, 0.4) is 0 Å². The SMILES string of the molecule is C#C[C@@H](Cc1cc(Cl)c2ncc(C#N)c(NCC(C)(C)C)c2c1)c1cccc2c(=O)n(C)ccc12.Cn1ccc2c([C@H](Cc3cc(Cl)c4ncc(C#N)c(NCC(C)(C)C)c4c3)c3nnn(C45CC(C4)C5)c3F)cccc2c1=O.[N-]=[N+]=NC12CC(C1)C2. The molecule has 0 amide bonds. The molecule has 5 heterocycles. The number of terminal acetylenes is 1. The number of rotatable bonds is 13. The minimum Gasteiger partial charge on any atom is -0.383 e. The van der Waals surface area contributed by atoms with Gasteiger partial charge in [-0.25, -0.2) is 4.68 Å². The summed E-state index contributed by atoms with van der Waals surface area (Å²) in [4.78, 5) is 37.4. The molecule has 442 valence electrons. The summed E-state index contributed by atoms with van der Waals surface area (Å²) in [5, 5.41) is 44.2. The minimum absolute atomic E-state index is 0.0176. The van der Waals surface area contributed by atoms with Gasteiger partial charge in [-0.15, -0.1) is 11.5 Å². The van der Waals surface area contributed by atoms with Gasteiger partial charge < -0.3 is 19.8 Å². The normalized spacial score (nSPS) is 19.4. The third-order valence-corrected chi connectivity index (χ3v) is 18.2. The molecular weight excluding hydrogens is 1130 g/mol. The van der Waals surface area contributed by atoms with E-state index in [1.165, 1.54) is 15.4 Å². The number of hydrogen-bond donors (Lipinski definition) is 2. The van der Waals surface area contributed by atoms with Gasteiger partial charge in [0.05, 0.1) is 49.1 Å². The number of nitrogens with zero attached hydrogens (tertiary/aromatic N) is 12. The first-order valence-corrected chi connectivity index (χ1v) is 30.0. The standard InChI is InChI=1S/C34H33ClFN7O.C29H27ClN4O.C5H7N3/c1-33(2,3)18-39-28-21(16-37)17-38-29-26(28)11-19(12-27(29)35)10-25(22-6-5-7-24-23(22)8-9-42(4)32(24)44)30-31(36)43(41-40-30)34-13-20(14-34)15-34;1-6-19(21-8-7-9-23-22(21)10-11-34(5)28(23)35)12-18-13-24-26(33-17-29(2,3)4)20(15-31)16-32-27(24)25(30)14-18;6-8-7-5-1-4(2-5)3-5/h5-9,11-12,17,20,25H,10,13-15,18H2,1-4H3,(H,38,39);1,7-11,13-14,16,19H,12,17H2,2-5H3,(H,32,33);4H,1-3H2/t20?,25-,34?;19-;/m00./s1. The predicted molar refractivity (Wildman–Crippen MR) is 343 cm³/mol. The second kappa shape index (κ2) is 23.1. The summed E-state index contributed by atoms with van der Waals surface area (Å²) in [5.74, 6) is 3.23. The maximum Gasteiger partial charge on any atom is 0.258 e. The van der Waals surface area contributed by atoms with E-state index in [1.54, 1.807) is 43.3 Å². The molecule has 5 aromatic heterocycles. The van der Waals surface area contributed by atoms with E-state index in [9.17, 15) is 20.1 Å². The number of azide groups is 1. The largest absolute Gasteiger partial charge is 0.383 e. The highest BCUT2D eigenvalue weighted by atomic mass is 35.5. The highest BCUT2D eigenvalue weighted by Crippen LogP contribution is 2.62. The second-order valence-corrected chi connectivity index (χ2v) is 27.4. The first-order valence-electron chi connectivity index (χ1n) is 29.3. The van der Waals surface area contributed by atoms with Gasteiger partial charge in [-0.1, -0.05) is 105 Å². The van der Waals surface area contributed by atoms with Crippen LogP contribution in [-0.4, -0.2) is 52.7 Å². The topological polar surface area (TPSA) is 221 Å². The maximum atomic E-state index is 16.4. The second-order valence-electron chi connectivity index (χ2n) is 26.6. The lowest BCUT2D eigenvalue weighted by molar-refractivity contribution is -0.106. The highest BCUT2D eigenvalue weighted by Gasteiger charge is 2.60. The lowest BCUT2D eigenvalue weighted by Crippen LogP contribution is -2.60. The van der Waals surface area contributed by atoms with Crippen molar-refractivity contribution in [2.45, 2.75) is 116 Å². The molecule has 0 aliphatic heterocycles. The number of fused-ring (bicyclic) bond motifs is 4. The van der Waals surface area contributed by atoms with E-state index in [1.807, 2.05) is 66.7 Å². The summed E-state index contributed by atoms with van der Waals surface area (Å²) >= 11 is 13.5. The van der Waals surface area contributed by atoms with E-state index < -0.39 is 11.9 Å². The van der Waals surface area contributed by atoms with Crippen LogP contribution in [0.1, 0.15) is 131 Å². The van der Waals surface area contributed by atoms with Crippen molar-refractivity contribution in [1.29, 1.82) is 10.5 Å². The van der Waals surface area contributed by atoms with E-state index in [2.05, 4.69) is 101 Å². The molecule has 4 aromatic carbocycles. The molecule has 19 heteroatoms. The number of aryl methyl sites for hydroxylation is 2. The zero-order valence-electron chi connectivity index (χ0n) is 50.0. The average Bonchev–Trinajstić information content (AvgIpc) is 1.70. The van der Waals surface area contributed by atoms with Crippen molar-refractivity contribution in [3.05, 3.63) is 184 Å². The molecule has 0 spiro atoms. The van der Waals surface area contributed by atoms with Crippen molar-refractivity contribution in [3.8, 4) is 24.5 Å². The van der Waals surface area contributed by atoms with E-state index in [0.717, 1.165) is 93.9 Å². The van der Waals surface area contributed by atoms with E-state index in [0.29, 0.717) is 80.5 Å². The van der Waals surface area contributed by atoms with Gasteiger partial charge in [0.1, 0.15) is 17.8 Å². The molecule has 4 bridgehead atoms. The van der Waals surface area contributed by atoms with Crippen molar-refractivity contribution in [2.24, 2.45) is 41.9 Å². The summed E-state index contributed by atoms with van der Waals surface area (Å²) in [6, 6.07) is 27.3. The summed E-state index contributed by atoms with van der Waals surface area (Å²) in [5.41, 5.74) is 14.9. The van der Waals surface area contributed by atoms with Gasteiger partial charge in [0.25, 0.3) is 11.1 Å². The molecule has 6 aliphatic rings. The van der Waals surface area contributed by atoms with Crippen LogP contribution in [0, 0.1) is 63.6 Å². The van der Waals surface area contributed by atoms with Crippen LogP contribution in [-0.2, 0) is 32.5 Å². The molecule has 6 fully saturated rings. The fraction of sp³-hybridized carbons (Fsp3) is 0.382. The number of nitriles is 2. The monoisotopic (exact) mass is 1200 g/mol. The molecule has 6 saturated carbocycles. The van der Waals surface area contributed by atoms with Gasteiger partial charge in [-0.05, 0) is 161 Å². The Hall–Kier alpha value is -8.78. The Bertz CT molecular complexity index is 4530. The molecule has 16 nitrogen and oxygen atoms in total. The Balaban J connectivity index is 0.000000162. The molecule has 0 saturated heterocycles. The van der Waals surface area contributed by atoms with Gasteiger partial charge in [0.2, 0.25) is 5.95 Å². The van der Waals surface area contributed by atoms with Crippen molar-refractivity contribution in [1.82, 2.24) is 34.1 Å². The summed E-state index contributed by atoms with van der Waals surface area (Å²) in [6.45, 7) is 14.0. The Morgan fingerprint density at radius 1 is 0.724 bits per heavy atom. The van der Waals surface area contributed by atoms with Crippen molar-refractivity contribution in [2.75, 3.05) is 23.7 Å². The lowest BCUT2D eigenvalue weighted by Gasteiger charge is -2.60. The number of hydrogen-bond acceptors (Lipinski definition) is 11. The summed E-state index contributed by atoms with van der Waals surface area (Å²) in [6.07, 6.45) is 19.7. The van der Waals surface area contributed by atoms with Crippen molar-refractivity contribution < 1.29 is 4.39 Å². The van der Waals surface area contributed by atoms with Gasteiger partial charge in [-0.2, -0.15) is 14.9 Å². The Kier molecular flexibility index (Phi) is 15.9. The Morgan fingerprint density at radius 2 is 1.21 bits per heavy atom. The first-order chi connectivity index (χ1) is 41.4. The summed E-state index contributed by atoms with van der Waals surface area (Å²) < 4.78 is 20.9. The third kappa shape index (κ3) is 11.6. The number of nitrogens with one attached hydrogen (secondary N) is 2. The molecule has 87 heavy (non-hydrogen) atoms.